The summed E-state index contributed by atoms with van der Waals surface area (Å²) in [7, 11) is 4.27. The maximum atomic E-state index is 12.8. The summed E-state index contributed by atoms with van der Waals surface area (Å²) >= 11 is 0. The van der Waals surface area contributed by atoms with E-state index in [9.17, 15) is 4.79 Å². The summed E-state index contributed by atoms with van der Waals surface area (Å²) in [5.74, 6) is 1.17. The Labute approximate surface area is 117 Å². The van der Waals surface area contributed by atoms with Crippen molar-refractivity contribution < 1.29 is 4.79 Å². The van der Waals surface area contributed by atoms with E-state index in [2.05, 4.69) is 36.1 Å². The van der Waals surface area contributed by atoms with Gasteiger partial charge in [0.1, 0.15) is 0 Å². The smallest absolute Gasteiger partial charge is 0.230 e. The van der Waals surface area contributed by atoms with Crippen LogP contribution in [0.15, 0.2) is 0 Å². The van der Waals surface area contributed by atoms with Gasteiger partial charge in [-0.25, -0.2) is 0 Å². The van der Waals surface area contributed by atoms with E-state index in [0.29, 0.717) is 5.91 Å². The predicted molar refractivity (Wildman–Crippen MR) is 78.1 cm³/mol. The van der Waals surface area contributed by atoms with Crippen molar-refractivity contribution in [2.24, 2.45) is 11.3 Å². The molecule has 0 aromatic rings. The number of nitrogens with one attached hydrogen (secondary N) is 1. The van der Waals surface area contributed by atoms with Gasteiger partial charge >= 0.3 is 0 Å². The summed E-state index contributed by atoms with van der Waals surface area (Å²) in [4.78, 5) is 17.1. The Bertz CT molecular complexity index is 303. The maximum Gasteiger partial charge on any atom is 0.230 e. The first-order valence-electron chi connectivity index (χ1n) is 7.72. The maximum absolute atomic E-state index is 12.8. The van der Waals surface area contributed by atoms with Gasteiger partial charge in [-0.05, 0) is 52.2 Å². The summed E-state index contributed by atoms with van der Waals surface area (Å²) in [6.45, 7) is 7.10. The van der Waals surface area contributed by atoms with Crippen LogP contribution in [-0.4, -0.2) is 62.5 Å². The SMILES string of the molecule is CCC1(C(=O)N2CCC(CN(C)C)CC2)CCNC1. The molecule has 1 amide bonds. The van der Waals surface area contributed by atoms with Gasteiger partial charge in [0.05, 0.1) is 5.41 Å². The van der Waals surface area contributed by atoms with Crippen LogP contribution in [0, 0.1) is 11.3 Å². The lowest BCUT2D eigenvalue weighted by molar-refractivity contribution is -0.142. The first kappa shape index (κ1) is 14.8. The van der Waals surface area contributed by atoms with Crippen molar-refractivity contribution in [3.8, 4) is 0 Å². The number of hydrogen-bond donors (Lipinski definition) is 1. The third kappa shape index (κ3) is 3.29. The van der Waals surface area contributed by atoms with Gasteiger partial charge in [0.2, 0.25) is 5.91 Å². The van der Waals surface area contributed by atoms with Crippen molar-refractivity contribution in [3.05, 3.63) is 0 Å². The minimum atomic E-state index is -0.103. The van der Waals surface area contributed by atoms with Crippen molar-refractivity contribution >= 4 is 5.91 Å². The van der Waals surface area contributed by atoms with Crippen LogP contribution in [0.1, 0.15) is 32.6 Å². The molecule has 4 heteroatoms. The van der Waals surface area contributed by atoms with Crippen LogP contribution in [0.5, 0.6) is 0 Å². The zero-order valence-corrected chi connectivity index (χ0v) is 12.7. The normalized spacial score (nSPS) is 29.2. The second kappa shape index (κ2) is 6.23. The van der Waals surface area contributed by atoms with Crippen molar-refractivity contribution in [3.63, 3.8) is 0 Å². The molecule has 1 N–H and O–H groups in total. The second-order valence-corrected chi connectivity index (χ2v) is 6.56. The number of rotatable bonds is 4. The zero-order chi connectivity index (χ0) is 13.9. The Hall–Kier alpha value is -0.610. The zero-order valence-electron chi connectivity index (χ0n) is 12.7. The van der Waals surface area contributed by atoms with Crippen molar-refractivity contribution in [2.45, 2.75) is 32.6 Å². The third-order valence-corrected chi connectivity index (χ3v) is 4.90. The van der Waals surface area contributed by atoms with E-state index in [-0.39, 0.29) is 5.41 Å². The highest BCUT2D eigenvalue weighted by Crippen LogP contribution is 2.33. The van der Waals surface area contributed by atoms with E-state index in [1.54, 1.807) is 0 Å². The number of carbonyl (C=O) groups is 1. The fraction of sp³-hybridized carbons (Fsp3) is 0.933. The molecule has 0 spiro atoms. The number of amides is 1. The molecule has 2 saturated heterocycles. The first-order valence-corrected chi connectivity index (χ1v) is 7.72. The van der Waals surface area contributed by atoms with Gasteiger partial charge < -0.3 is 15.1 Å². The fourth-order valence-corrected chi connectivity index (χ4v) is 3.55. The second-order valence-electron chi connectivity index (χ2n) is 6.56. The number of likely N-dealkylation sites (tertiary alicyclic amines) is 1. The highest BCUT2D eigenvalue weighted by atomic mass is 16.2. The molecule has 2 aliphatic heterocycles. The molecule has 1 atom stereocenters. The van der Waals surface area contributed by atoms with Gasteiger partial charge in [0, 0.05) is 26.2 Å². The molecular weight excluding hydrogens is 238 g/mol. The van der Waals surface area contributed by atoms with E-state index in [4.69, 9.17) is 0 Å². The molecular formula is C15H29N3O. The molecule has 0 bridgehead atoms. The lowest BCUT2D eigenvalue weighted by Gasteiger charge is -2.38. The molecule has 2 rings (SSSR count). The molecule has 0 aromatic carbocycles. The third-order valence-electron chi connectivity index (χ3n) is 4.90. The average molecular weight is 267 g/mol. The molecule has 2 heterocycles. The molecule has 19 heavy (non-hydrogen) atoms. The molecule has 2 fully saturated rings. The summed E-state index contributed by atoms with van der Waals surface area (Å²) in [6.07, 6.45) is 4.31. The molecule has 0 radical (unpaired) electrons. The van der Waals surface area contributed by atoms with Gasteiger partial charge in [-0.15, -0.1) is 0 Å². The van der Waals surface area contributed by atoms with Gasteiger partial charge in [-0.2, -0.15) is 0 Å². The lowest BCUT2D eigenvalue weighted by atomic mass is 9.82. The van der Waals surface area contributed by atoms with Crippen LogP contribution in [-0.2, 0) is 4.79 Å². The van der Waals surface area contributed by atoms with Crippen molar-refractivity contribution in [1.29, 1.82) is 0 Å². The molecule has 0 aromatic heterocycles. The van der Waals surface area contributed by atoms with Crippen LogP contribution < -0.4 is 5.32 Å². The Morgan fingerprint density at radius 3 is 2.53 bits per heavy atom. The van der Waals surface area contributed by atoms with Gasteiger partial charge in [-0.3, -0.25) is 4.79 Å². The molecule has 1 unspecified atom stereocenters. The Morgan fingerprint density at radius 2 is 2.05 bits per heavy atom. The van der Waals surface area contributed by atoms with Crippen molar-refractivity contribution in [1.82, 2.24) is 15.1 Å². The highest BCUT2D eigenvalue weighted by Gasteiger charge is 2.42. The summed E-state index contributed by atoms with van der Waals surface area (Å²) in [5.41, 5.74) is -0.103. The molecule has 0 saturated carbocycles. The quantitative estimate of drug-likeness (QED) is 0.831. The fourth-order valence-electron chi connectivity index (χ4n) is 3.55. The Morgan fingerprint density at radius 1 is 1.37 bits per heavy atom. The summed E-state index contributed by atoms with van der Waals surface area (Å²) < 4.78 is 0. The Balaban J connectivity index is 1.88. The largest absolute Gasteiger partial charge is 0.342 e. The average Bonchev–Trinajstić information content (AvgIpc) is 2.88. The number of hydrogen-bond acceptors (Lipinski definition) is 3. The van der Waals surface area contributed by atoms with Gasteiger partial charge in [0.25, 0.3) is 0 Å². The van der Waals surface area contributed by atoms with Crippen LogP contribution in [0.2, 0.25) is 0 Å². The molecule has 110 valence electrons. The van der Waals surface area contributed by atoms with E-state index < -0.39 is 0 Å². The van der Waals surface area contributed by atoms with Crippen LogP contribution in [0.4, 0.5) is 0 Å². The molecule has 4 nitrogen and oxygen atoms in total. The van der Waals surface area contributed by atoms with E-state index >= 15 is 0 Å². The highest BCUT2D eigenvalue weighted by molar-refractivity contribution is 5.83. The Kier molecular flexibility index (Phi) is 4.85. The van der Waals surface area contributed by atoms with Crippen LogP contribution in [0.3, 0.4) is 0 Å². The minimum absolute atomic E-state index is 0.103. The topological polar surface area (TPSA) is 35.6 Å². The van der Waals surface area contributed by atoms with E-state index in [1.807, 2.05) is 0 Å². The lowest BCUT2D eigenvalue weighted by Crippen LogP contribution is -2.48. The first-order chi connectivity index (χ1) is 9.07. The van der Waals surface area contributed by atoms with Crippen molar-refractivity contribution in [2.75, 3.05) is 46.8 Å². The van der Waals surface area contributed by atoms with Gasteiger partial charge in [-0.1, -0.05) is 6.92 Å². The predicted octanol–water partition coefficient (Wildman–Crippen LogP) is 1.18. The van der Waals surface area contributed by atoms with E-state index in [1.165, 1.54) is 0 Å². The number of carbonyl (C=O) groups excluding carboxylic acids is 1. The van der Waals surface area contributed by atoms with Crippen LogP contribution >= 0.6 is 0 Å². The summed E-state index contributed by atoms with van der Waals surface area (Å²) in [6, 6.07) is 0. The summed E-state index contributed by atoms with van der Waals surface area (Å²) in [5, 5.41) is 3.36. The molecule has 0 aliphatic carbocycles. The van der Waals surface area contributed by atoms with Crippen LogP contribution in [0.25, 0.3) is 0 Å². The van der Waals surface area contributed by atoms with E-state index in [0.717, 1.165) is 64.3 Å². The standard InChI is InChI=1S/C15H29N3O/c1-4-15(7-8-16-12-15)14(19)18-9-5-13(6-10-18)11-17(2)3/h13,16H,4-12H2,1-3H3. The molecule has 2 aliphatic rings. The number of nitrogens with zero attached hydrogens (tertiary/aromatic N) is 2. The number of piperidine rings is 1. The van der Waals surface area contributed by atoms with Gasteiger partial charge in [0.15, 0.2) is 0 Å². The monoisotopic (exact) mass is 267 g/mol. The minimum Gasteiger partial charge on any atom is -0.342 e.